The van der Waals surface area contributed by atoms with Crippen LogP contribution >= 0.6 is 0 Å². The van der Waals surface area contributed by atoms with E-state index in [-0.39, 0.29) is 5.91 Å². The van der Waals surface area contributed by atoms with Gasteiger partial charge in [-0.3, -0.25) is 9.78 Å². The van der Waals surface area contributed by atoms with E-state index in [1.807, 2.05) is 36.4 Å². The number of aryl methyl sites for hydroxylation is 1. The summed E-state index contributed by atoms with van der Waals surface area (Å²) in [6.45, 7) is 2.71. The topological polar surface area (TPSA) is 66.9 Å². The summed E-state index contributed by atoms with van der Waals surface area (Å²) in [7, 11) is 0. The average molecular weight is 368 g/mol. The van der Waals surface area contributed by atoms with E-state index in [1.54, 1.807) is 24.5 Å². The summed E-state index contributed by atoms with van der Waals surface area (Å²) in [5.74, 6) is 0.462. The molecule has 0 aliphatic rings. The Bertz CT molecular complexity index is 1130. The van der Waals surface area contributed by atoms with E-state index in [1.165, 1.54) is 11.1 Å². The van der Waals surface area contributed by atoms with Crippen LogP contribution in [0.2, 0.25) is 0 Å². The van der Waals surface area contributed by atoms with Crippen molar-refractivity contribution >= 4 is 28.3 Å². The van der Waals surface area contributed by atoms with Crippen molar-refractivity contribution < 1.29 is 4.79 Å². The number of nitrogens with one attached hydrogen (secondary N) is 2. The second-order valence-electron chi connectivity index (χ2n) is 6.61. The Kier molecular flexibility index (Phi) is 4.97. The summed E-state index contributed by atoms with van der Waals surface area (Å²) >= 11 is 0. The van der Waals surface area contributed by atoms with Crippen LogP contribution in [0.4, 0.5) is 11.5 Å². The van der Waals surface area contributed by atoms with Gasteiger partial charge in [0.2, 0.25) is 0 Å². The fourth-order valence-electron chi connectivity index (χ4n) is 3.08. The van der Waals surface area contributed by atoms with Gasteiger partial charge in [0.15, 0.2) is 0 Å². The van der Waals surface area contributed by atoms with Crippen molar-refractivity contribution in [3.63, 3.8) is 0 Å². The molecule has 0 fully saturated rings. The molecule has 0 saturated carbocycles. The first-order chi connectivity index (χ1) is 13.7. The number of aromatic nitrogens is 2. The van der Waals surface area contributed by atoms with Crippen molar-refractivity contribution in [2.75, 3.05) is 10.6 Å². The monoisotopic (exact) mass is 368 g/mol. The molecule has 2 heterocycles. The highest BCUT2D eigenvalue weighted by Gasteiger charge is 2.10. The minimum absolute atomic E-state index is 0.195. The van der Waals surface area contributed by atoms with E-state index < -0.39 is 0 Å². The molecular weight excluding hydrogens is 348 g/mol. The molecule has 28 heavy (non-hydrogen) atoms. The molecule has 5 nitrogen and oxygen atoms in total. The van der Waals surface area contributed by atoms with Crippen LogP contribution in [-0.2, 0) is 6.54 Å². The van der Waals surface area contributed by atoms with Gasteiger partial charge in [0.1, 0.15) is 5.82 Å². The quantitative estimate of drug-likeness (QED) is 0.531. The molecule has 4 rings (SSSR count). The van der Waals surface area contributed by atoms with Gasteiger partial charge >= 0.3 is 0 Å². The number of fused-ring (bicyclic) bond motifs is 1. The third-order valence-corrected chi connectivity index (χ3v) is 4.46. The Labute approximate surface area is 163 Å². The Balaban J connectivity index is 1.49. The first kappa shape index (κ1) is 17.7. The number of pyridine rings is 2. The SMILES string of the molecule is Cc1cccc(CNc2cc(C(=O)Nc3cccc4cccnc34)ccn2)c1. The van der Waals surface area contributed by atoms with Gasteiger partial charge in [0.05, 0.1) is 11.2 Å². The molecule has 2 aromatic heterocycles. The molecule has 4 aromatic rings. The number of carbonyl (C=O) groups is 1. The summed E-state index contributed by atoms with van der Waals surface area (Å²) in [5, 5.41) is 7.21. The largest absolute Gasteiger partial charge is 0.366 e. The maximum Gasteiger partial charge on any atom is 0.255 e. The van der Waals surface area contributed by atoms with Crippen LogP contribution in [0, 0.1) is 6.92 Å². The highest BCUT2D eigenvalue weighted by Crippen LogP contribution is 2.21. The molecule has 2 N–H and O–H groups in total. The lowest BCUT2D eigenvalue weighted by Crippen LogP contribution is -2.13. The zero-order valence-corrected chi connectivity index (χ0v) is 15.5. The summed E-state index contributed by atoms with van der Waals surface area (Å²) in [4.78, 5) is 21.4. The summed E-state index contributed by atoms with van der Waals surface area (Å²) in [5.41, 5.74) is 4.37. The summed E-state index contributed by atoms with van der Waals surface area (Å²) in [6.07, 6.45) is 3.35. The molecule has 0 radical (unpaired) electrons. The molecule has 1 amide bonds. The molecule has 138 valence electrons. The van der Waals surface area contributed by atoms with Crippen molar-refractivity contribution in [3.8, 4) is 0 Å². The molecule has 5 heteroatoms. The van der Waals surface area contributed by atoms with Crippen LogP contribution in [-0.4, -0.2) is 15.9 Å². The van der Waals surface area contributed by atoms with Gasteiger partial charge in [-0.25, -0.2) is 4.98 Å². The second kappa shape index (κ2) is 7.88. The van der Waals surface area contributed by atoms with Crippen LogP contribution in [0.25, 0.3) is 10.9 Å². The number of amides is 1. The van der Waals surface area contributed by atoms with Crippen LogP contribution < -0.4 is 10.6 Å². The van der Waals surface area contributed by atoms with Crippen molar-refractivity contribution in [2.24, 2.45) is 0 Å². The number of hydrogen-bond acceptors (Lipinski definition) is 4. The van der Waals surface area contributed by atoms with E-state index in [4.69, 9.17) is 0 Å². The molecule has 2 aromatic carbocycles. The van der Waals surface area contributed by atoms with E-state index in [0.717, 1.165) is 10.9 Å². The number of rotatable bonds is 5. The highest BCUT2D eigenvalue weighted by molar-refractivity contribution is 6.08. The number of hydrogen-bond donors (Lipinski definition) is 2. The fraction of sp³-hybridized carbons (Fsp3) is 0.0870. The fourth-order valence-corrected chi connectivity index (χ4v) is 3.08. The van der Waals surface area contributed by atoms with Gasteiger partial charge in [0, 0.05) is 29.9 Å². The second-order valence-corrected chi connectivity index (χ2v) is 6.61. The summed E-state index contributed by atoms with van der Waals surface area (Å²) in [6, 6.07) is 21.3. The smallest absolute Gasteiger partial charge is 0.255 e. The van der Waals surface area contributed by atoms with Crippen molar-refractivity contribution in [1.29, 1.82) is 0 Å². The Hall–Kier alpha value is -3.73. The minimum Gasteiger partial charge on any atom is -0.366 e. The molecule has 0 unspecified atom stereocenters. The Morgan fingerprint density at radius 3 is 2.68 bits per heavy atom. The zero-order chi connectivity index (χ0) is 19.3. The van der Waals surface area contributed by atoms with E-state index in [0.29, 0.717) is 23.6 Å². The Morgan fingerprint density at radius 1 is 0.929 bits per heavy atom. The van der Waals surface area contributed by atoms with Gasteiger partial charge in [-0.15, -0.1) is 0 Å². The van der Waals surface area contributed by atoms with Crippen LogP contribution in [0.1, 0.15) is 21.5 Å². The van der Waals surface area contributed by atoms with E-state index in [9.17, 15) is 4.79 Å². The minimum atomic E-state index is -0.195. The number of nitrogens with zero attached hydrogens (tertiary/aromatic N) is 2. The zero-order valence-electron chi connectivity index (χ0n) is 15.5. The maximum atomic E-state index is 12.7. The molecular formula is C23H20N4O. The Morgan fingerprint density at radius 2 is 1.79 bits per heavy atom. The van der Waals surface area contributed by atoms with E-state index >= 15 is 0 Å². The summed E-state index contributed by atoms with van der Waals surface area (Å²) < 4.78 is 0. The van der Waals surface area contributed by atoms with Crippen molar-refractivity contribution in [3.05, 3.63) is 95.8 Å². The van der Waals surface area contributed by atoms with Crippen LogP contribution in [0.5, 0.6) is 0 Å². The lowest BCUT2D eigenvalue weighted by Gasteiger charge is -2.10. The first-order valence-corrected chi connectivity index (χ1v) is 9.09. The molecule has 0 aliphatic carbocycles. The van der Waals surface area contributed by atoms with Gasteiger partial charge in [-0.05, 0) is 36.8 Å². The number of benzene rings is 2. The predicted molar refractivity (Wildman–Crippen MR) is 112 cm³/mol. The van der Waals surface area contributed by atoms with Crippen LogP contribution in [0.15, 0.2) is 79.1 Å². The van der Waals surface area contributed by atoms with Gasteiger partial charge in [0.25, 0.3) is 5.91 Å². The number of para-hydroxylation sites is 1. The normalized spacial score (nSPS) is 10.6. The standard InChI is InChI=1S/C23H20N4O/c1-16-5-2-6-17(13-16)15-26-21-14-19(10-12-24-21)23(28)27-20-9-3-7-18-8-4-11-25-22(18)20/h2-14H,15H2,1H3,(H,24,26)(H,27,28). The van der Waals surface area contributed by atoms with E-state index in [2.05, 4.69) is 45.7 Å². The lowest BCUT2D eigenvalue weighted by atomic mass is 10.1. The average Bonchev–Trinajstić information content (AvgIpc) is 2.73. The third-order valence-electron chi connectivity index (χ3n) is 4.46. The third kappa shape index (κ3) is 3.99. The van der Waals surface area contributed by atoms with Crippen molar-refractivity contribution in [1.82, 2.24) is 9.97 Å². The molecule has 0 aliphatic heterocycles. The van der Waals surface area contributed by atoms with Gasteiger partial charge in [-0.2, -0.15) is 0 Å². The first-order valence-electron chi connectivity index (χ1n) is 9.09. The van der Waals surface area contributed by atoms with Crippen LogP contribution in [0.3, 0.4) is 0 Å². The molecule has 0 saturated heterocycles. The molecule has 0 atom stereocenters. The highest BCUT2D eigenvalue weighted by atomic mass is 16.1. The number of anilines is 2. The van der Waals surface area contributed by atoms with Crippen molar-refractivity contribution in [2.45, 2.75) is 13.5 Å². The maximum absolute atomic E-state index is 12.7. The lowest BCUT2D eigenvalue weighted by molar-refractivity contribution is 0.102. The molecule has 0 bridgehead atoms. The predicted octanol–water partition coefficient (Wildman–Crippen LogP) is 4.80. The number of carbonyl (C=O) groups excluding carboxylic acids is 1. The molecule has 0 spiro atoms. The van der Waals surface area contributed by atoms with Gasteiger partial charge < -0.3 is 10.6 Å². The van der Waals surface area contributed by atoms with Gasteiger partial charge in [-0.1, -0.05) is 48.0 Å².